The molecule has 0 atom stereocenters. The van der Waals surface area contributed by atoms with E-state index in [4.69, 9.17) is 4.74 Å². The zero-order valence-corrected chi connectivity index (χ0v) is 15.3. The number of para-hydroxylation sites is 1. The maximum atomic E-state index is 9.60. The van der Waals surface area contributed by atoms with Crippen LogP contribution in [0.4, 0.5) is 5.69 Å². The zero-order valence-electron chi connectivity index (χ0n) is 15.3. The maximum absolute atomic E-state index is 9.60. The highest BCUT2D eigenvalue weighted by Gasteiger charge is 2.19. The Kier molecular flexibility index (Phi) is 6.50. The highest BCUT2D eigenvalue weighted by molar-refractivity contribution is 5.54. The summed E-state index contributed by atoms with van der Waals surface area (Å²) >= 11 is 0. The van der Waals surface area contributed by atoms with Crippen LogP contribution in [0.3, 0.4) is 0 Å². The van der Waals surface area contributed by atoms with Crippen molar-refractivity contribution in [2.75, 3.05) is 11.4 Å². The van der Waals surface area contributed by atoms with Gasteiger partial charge in [0.2, 0.25) is 0 Å². The second-order valence-corrected chi connectivity index (χ2v) is 6.73. The van der Waals surface area contributed by atoms with Gasteiger partial charge in [0.05, 0.1) is 12.1 Å². The van der Waals surface area contributed by atoms with E-state index in [9.17, 15) is 10.5 Å². The largest absolute Gasteiger partial charge is 0.457 e. The van der Waals surface area contributed by atoms with E-state index < -0.39 is 0 Å². The van der Waals surface area contributed by atoms with Crippen molar-refractivity contribution in [1.82, 2.24) is 0 Å². The number of rotatable bonds is 6. The van der Waals surface area contributed by atoms with Gasteiger partial charge >= 0.3 is 0 Å². The lowest BCUT2D eigenvalue weighted by atomic mass is 9.84. The molecule has 0 amide bonds. The minimum atomic E-state index is 0.205. The SMILES string of the molecule is N#CCN(/C=C(\C#N)C1CCCCC1)c1ccc(Oc2ccccc2)cc1. The lowest BCUT2D eigenvalue weighted by Crippen LogP contribution is -2.19. The van der Waals surface area contributed by atoms with Crippen molar-refractivity contribution in [3.63, 3.8) is 0 Å². The van der Waals surface area contributed by atoms with E-state index in [1.165, 1.54) is 19.3 Å². The fraction of sp³-hybridized carbons (Fsp3) is 0.304. The second-order valence-electron chi connectivity index (χ2n) is 6.73. The summed E-state index contributed by atoms with van der Waals surface area (Å²) < 4.78 is 5.82. The van der Waals surface area contributed by atoms with E-state index in [2.05, 4.69) is 12.1 Å². The van der Waals surface area contributed by atoms with Gasteiger partial charge in [0.1, 0.15) is 18.0 Å². The van der Waals surface area contributed by atoms with Crippen LogP contribution in [0.25, 0.3) is 0 Å². The quantitative estimate of drug-likeness (QED) is 0.484. The van der Waals surface area contributed by atoms with Gasteiger partial charge in [0.25, 0.3) is 0 Å². The summed E-state index contributed by atoms with van der Waals surface area (Å²) in [6, 6.07) is 21.8. The average Bonchev–Trinajstić information content (AvgIpc) is 2.73. The minimum absolute atomic E-state index is 0.205. The molecule has 0 radical (unpaired) electrons. The van der Waals surface area contributed by atoms with Crippen molar-refractivity contribution in [1.29, 1.82) is 10.5 Å². The molecular weight excluding hydrogens is 334 g/mol. The van der Waals surface area contributed by atoms with Crippen LogP contribution < -0.4 is 9.64 Å². The van der Waals surface area contributed by atoms with Crippen LogP contribution in [-0.2, 0) is 0 Å². The monoisotopic (exact) mass is 357 g/mol. The van der Waals surface area contributed by atoms with Crippen molar-refractivity contribution in [2.24, 2.45) is 5.92 Å². The van der Waals surface area contributed by atoms with E-state index in [0.29, 0.717) is 5.92 Å². The van der Waals surface area contributed by atoms with Crippen molar-refractivity contribution in [3.05, 3.63) is 66.4 Å². The smallest absolute Gasteiger partial charge is 0.127 e. The van der Waals surface area contributed by atoms with Crippen LogP contribution in [0.2, 0.25) is 0 Å². The van der Waals surface area contributed by atoms with Gasteiger partial charge in [-0.2, -0.15) is 10.5 Å². The van der Waals surface area contributed by atoms with Gasteiger partial charge in [-0.05, 0) is 55.2 Å². The molecule has 3 rings (SSSR count). The number of ether oxygens (including phenoxy) is 1. The second kappa shape index (κ2) is 9.46. The fourth-order valence-electron chi connectivity index (χ4n) is 3.42. The molecule has 4 heteroatoms. The number of allylic oxidation sites excluding steroid dienone is 1. The van der Waals surface area contributed by atoms with E-state index in [0.717, 1.165) is 35.6 Å². The summed E-state index contributed by atoms with van der Waals surface area (Å²) in [5, 5.41) is 18.8. The molecule has 1 aliphatic rings. The van der Waals surface area contributed by atoms with Crippen LogP contribution in [0.1, 0.15) is 32.1 Å². The molecule has 0 aliphatic heterocycles. The summed E-state index contributed by atoms with van der Waals surface area (Å²) in [4.78, 5) is 1.85. The number of benzene rings is 2. The summed E-state index contributed by atoms with van der Waals surface area (Å²) in [6.07, 6.45) is 7.57. The third-order valence-corrected chi connectivity index (χ3v) is 4.86. The molecule has 1 aliphatic carbocycles. The zero-order chi connectivity index (χ0) is 18.9. The third-order valence-electron chi connectivity index (χ3n) is 4.86. The lowest BCUT2D eigenvalue weighted by Gasteiger charge is -2.24. The number of hydrogen-bond acceptors (Lipinski definition) is 4. The average molecular weight is 357 g/mol. The molecule has 1 saturated carbocycles. The van der Waals surface area contributed by atoms with Crippen molar-refractivity contribution in [2.45, 2.75) is 32.1 Å². The molecule has 2 aromatic rings. The summed E-state index contributed by atoms with van der Waals surface area (Å²) in [7, 11) is 0. The Bertz CT molecular complexity index is 838. The van der Waals surface area contributed by atoms with Gasteiger partial charge < -0.3 is 9.64 Å². The van der Waals surface area contributed by atoms with Crippen LogP contribution in [0.15, 0.2) is 66.4 Å². The van der Waals surface area contributed by atoms with Gasteiger partial charge in [-0.3, -0.25) is 0 Å². The van der Waals surface area contributed by atoms with Crippen LogP contribution in [-0.4, -0.2) is 6.54 Å². The molecule has 1 fully saturated rings. The highest BCUT2D eigenvalue weighted by atomic mass is 16.5. The number of anilines is 1. The molecule has 0 unspecified atom stereocenters. The van der Waals surface area contributed by atoms with E-state index in [1.54, 1.807) is 0 Å². The predicted octanol–water partition coefficient (Wildman–Crippen LogP) is 5.80. The van der Waals surface area contributed by atoms with Crippen LogP contribution in [0, 0.1) is 28.6 Å². The summed E-state index contributed by atoms with van der Waals surface area (Å²) in [5.41, 5.74) is 1.65. The minimum Gasteiger partial charge on any atom is -0.457 e. The highest BCUT2D eigenvalue weighted by Crippen LogP contribution is 2.31. The predicted molar refractivity (Wildman–Crippen MR) is 106 cm³/mol. The Labute approximate surface area is 160 Å². The topological polar surface area (TPSA) is 60.0 Å². The van der Waals surface area contributed by atoms with E-state index >= 15 is 0 Å². The summed E-state index contributed by atoms with van der Waals surface area (Å²) in [5.74, 6) is 1.83. The fourth-order valence-corrected chi connectivity index (χ4v) is 3.42. The third kappa shape index (κ3) is 5.12. The Balaban J connectivity index is 1.77. The Morgan fingerprint density at radius 1 is 0.963 bits per heavy atom. The molecule has 136 valence electrons. The molecule has 0 N–H and O–H groups in total. The van der Waals surface area contributed by atoms with Gasteiger partial charge in [0.15, 0.2) is 0 Å². The van der Waals surface area contributed by atoms with Gasteiger partial charge in [0, 0.05) is 17.5 Å². The first-order valence-electron chi connectivity index (χ1n) is 9.38. The van der Waals surface area contributed by atoms with Gasteiger partial charge in [-0.1, -0.05) is 37.5 Å². The molecule has 0 heterocycles. The molecule has 2 aromatic carbocycles. The molecule has 0 saturated heterocycles. The summed E-state index contributed by atoms with van der Waals surface area (Å²) in [6.45, 7) is 0.205. The van der Waals surface area contributed by atoms with E-state index in [1.807, 2.05) is 65.7 Å². The molecular formula is C23H23N3O. The Hall–Kier alpha value is -3.24. The molecule has 27 heavy (non-hydrogen) atoms. The molecule has 0 spiro atoms. The number of nitrogens with zero attached hydrogens (tertiary/aromatic N) is 3. The van der Waals surface area contributed by atoms with Crippen LogP contribution >= 0.6 is 0 Å². The van der Waals surface area contributed by atoms with Crippen LogP contribution in [0.5, 0.6) is 11.5 Å². The van der Waals surface area contributed by atoms with Crippen molar-refractivity contribution >= 4 is 5.69 Å². The Morgan fingerprint density at radius 2 is 1.63 bits per heavy atom. The lowest BCUT2D eigenvalue weighted by molar-refractivity contribution is 0.409. The first kappa shape index (κ1) is 18.5. The van der Waals surface area contributed by atoms with Gasteiger partial charge in [-0.15, -0.1) is 0 Å². The maximum Gasteiger partial charge on any atom is 0.127 e. The number of hydrogen-bond donors (Lipinski definition) is 0. The number of nitriles is 2. The normalized spacial score (nSPS) is 14.8. The van der Waals surface area contributed by atoms with Crippen molar-refractivity contribution < 1.29 is 4.74 Å². The standard InChI is InChI=1S/C23H23N3O/c24-15-16-26(18-20(17-25)19-7-3-1-4-8-19)21-11-13-23(14-12-21)27-22-9-5-2-6-10-22/h2,5-6,9-14,18-19H,1,3-4,7-8,16H2/b20-18+. The Morgan fingerprint density at radius 3 is 2.26 bits per heavy atom. The van der Waals surface area contributed by atoms with E-state index in [-0.39, 0.29) is 6.54 Å². The van der Waals surface area contributed by atoms with Gasteiger partial charge in [-0.25, -0.2) is 0 Å². The van der Waals surface area contributed by atoms with Crippen molar-refractivity contribution in [3.8, 4) is 23.6 Å². The first-order valence-corrected chi connectivity index (χ1v) is 9.38. The molecule has 0 bridgehead atoms. The molecule has 0 aromatic heterocycles. The first-order chi connectivity index (χ1) is 13.3. The molecule has 4 nitrogen and oxygen atoms in total.